The molecule has 1 amide bonds. The number of nitrogens with one attached hydrogen (secondary N) is 1. The van der Waals surface area contributed by atoms with Gasteiger partial charge in [0.1, 0.15) is 6.04 Å². The Bertz CT molecular complexity index is 1330. The first-order valence-electron chi connectivity index (χ1n) is 10.7. The topological polar surface area (TPSA) is 189 Å². The van der Waals surface area contributed by atoms with E-state index in [1.165, 1.54) is 32.5 Å². The molecule has 0 spiro atoms. The average Bonchev–Trinajstić information content (AvgIpc) is 2.85. The van der Waals surface area contributed by atoms with Crippen LogP contribution in [0.5, 0.6) is 0 Å². The highest BCUT2D eigenvalue weighted by Crippen LogP contribution is 2.35. The number of esters is 2. The highest BCUT2D eigenvalue weighted by atomic mass is 35.5. The predicted molar refractivity (Wildman–Crippen MR) is 137 cm³/mol. The van der Waals surface area contributed by atoms with Gasteiger partial charge in [0, 0.05) is 19.0 Å². The molecule has 0 saturated heterocycles. The fourth-order valence-electron chi connectivity index (χ4n) is 3.44. The van der Waals surface area contributed by atoms with Gasteiger partial charge in [-0.15, -0.1) is 0 Å². The summed E-state index contributed by atoms with van der Waals surface area (Å²) in [6.07, 6.45) is 1.41. The van der Waals surface area contributed by atoms with Crippen molar-refractivity contribution in [2.45, 2.75) is 25.4 Å². The molecule has 2 heterocycles. The van der Waals surface area contributed by atoms with E-state index in [4.69, 9.17) is 39.4 Å². The summed E-state index contributed by atoms with van der Waals surface area (Å²) in [5, 5.41) is 2.88. The van der Waals surface area contributed by atoms with Gasteiger partial charge in [0.15, 0.2) is 17.0 Å². The second-order valence-electron chi connectivity index (χ2n) is 7.81. The van der Waals surface area contributed by atoms with E-state index in [9.17, 15) is 14.4 Å². The van der Waals surface area contributed by atoms with Crippen molar-refractivity contribution >= 4 is 69.7 Å². The Morgan fingerprint density at radius 2 is 1.76 bits per heavy atom. The van der Waals surface area contributed by atoms with E-state index in [-0.39, 0.29) is 52.4 Å². The molecule has 1 atom stereocenters. The van der Waals surface area contributed by atoms with Crippen molar-refractivity contribution < 1.29 is 23.9 Å². The van der Waals surface area contributed by atoms with Gasteiger partial charge in [-0.2, -0.15) is 9.97 Å². The van der Waals surface area contributed by atoms with Crippen molar-refractivity contribution in [1.82, 2.24) is 25.3 Å². The molecule has 0 bridgehead atoms. The molecule has 37 heavy (non-hydrogen) atoms. The summed E-state index contributed by atoms with van der Waals surface area (Å²) < 4.78 is 9.29. The van der Waals surface area contributed by atoms with Gasteiger partial charge in [0.05, 0.1) is 48.4 Å². The second kappa shape index (κ2) is 11.8. The van der Waals surface area contributed by atoms with Gasteiger partial charge in [0.2, 0.25) is 5.95 Å². The van der Waals surface area contributed by atoms with Crippen LogP contribution in [-0.4, -0.2) is 65.1 Å². The minimum absolute atomic E-state index is 0.00627. The van der Waals surface area contributed by atoms with Crippen molar-refractivity contribution in [2.24, 2.45) is 0 Å². The van der Waals surface area contributed by atoms with Gasteiger partial charge in [-0.05, 0) is 18.6 Å². The highest BCUT2D eigenvalue weighted by molar-refractivity contribution is 6.39. The Kier molecular flexibility index (Phi) is 8.84. The Labute approximate surface area is 221 Å². The Hall–Kier alpha value is -3.97. The van der Waals surface area contributed by atoms with Crippen LogP contribution in [0.25, 0.3) is 11.2 Å². The van der Waals surface area contributed by atoms with Crippen LogP contribution in [-0.2, 0) is 25.6 Å². The van der Waals surface area contributed by atoms with Crippen LogP contribution in [0.1, 0.15) is 28.9 Å². The van der Waals surface area contributed by atoms with Crippen LogP contribution in [0.3, 0.4) is 0 Å². The molecule has 2 aromatic heterocycles. The number of rotatable bonds is 9. The summed E-state index contributed by atoms with van der Waals surface area (Å²) in [6.45, 7) is 0.232. The molecule has 196 valence electrons. The zero-order chi connectivity index (χ0) is 27.3. The lowest BCUT2D eigenvalue weighted by Gasteiger charge is -2.22. The molecular weight excluding hydrogens is 527 g/mol. The molecule has 13 nitrogen and oxygen atoms in total. The summed E-state index contributed by atoms with van der Waals surface area (Å²) in [5.41, 5.74) is 13.1. The molecule has 0 aliphatic heterocycles. The van der Waals surface area contributed by atoms with Gasteiger partial charge in [0.25, 0.3) is 5.91 Å². The summed E-state index contributed by atoms with van der Waals surface area (Å²) >= 11 is 13.0. The first-order valence-corrected chi connectivity index (χ1v) is 11.5. The number of aromatic nitrogens is 4. The molecule has 15 heteroatoms. The van der Waals surface area contributed by atoms with Crippen molar-refractivity contribution in [2.75, 3.05) is 37.6 Å². The molecule has 0 aliphatic carbocycles. The lowest BCUT2D eigenvalue weighted by molar-refractivity contribution is -0.144. The number of hydrogen-bond acceptors (Lipinski definition) is 12. The van der Waals surface area contributed by atoms with Crippen LogP contribution in [0, 0.1) is 0 Å². The Balaban J connectivity index is 1.79. The van der Waals surface area contributed by atoms with Crippen molar-refractivity contribution in [1.29, 1.82) is 0 Å². The standard InChI is InChI=1S/C22H24Cl2N8O5/c1-32(9-11-8-27-19-16(28-11)18(25)30-22(26)31-19)17-12(23)6-10(7-13(17)24)20(34)29-14(21(35)37-3)4-5-15(33)36-2/h6-8,14H,4-5,9H2,1-3H3,(H,29,34)(H4,25,26,27,30,31). The normalized spacial score (nSPS) is 11.6. The summed E-state index contributed by atoms with van der Waals surface area (Å²) in [6, 6.07) is 1.74. The zero-order valence-corrected chi connectivity index (χ0v) is 21.6. The number of anilines is 3. The first kappa shape index (κ1) is 27.6. The molecule has 0 radical (unpaired) electrons. The van der Waals surface area contributed by atoms with Crippen LogP contribution in [0.15, 0.2) is 18.3 Å². The van der Waals surface area contributed by atoms with Gasteiger partial charge >= 0.3 is 11.9 Å². The van der Waals surface area contributed by atoms with Crippen molar-refractivity contribution in [3.63, 3.8) is 0 Å². The number of nitrogens with two attached hydrogens (primary N) is 2. The largest absolute Gasteiger partial charge is 0.469 e. The number of fused-ring (bicyclic) bond motifs is 1. The number of ether oxygens (including phenoxy) is 2. The molecule has 1 aromatic carbocycles. The number of carbonyl (C=O) groups is 3. The van der Waals surface area contributed by atoms with Gasteiger partial charge in [-0.3, -0.25) is 9.59 Å². The number of halogens is 2. The number of methoxy groups -OCH3 is 2. The maximum Gasteiger partial charge on any atom is 0.328 e. The molecule has 0 aliphatic rings. The van der Waals surface area contributed by atoms with Gasteiger partial charge < -0.3 is 31.2 Å². The number of amides is 1. The zero-order valence-electron chi connectivity index (χ0n) is 20.1. The smallest absolute Gasteiger partial charge is 0.328 e. The SMILES string of the molecule is COC(=O)CCC(NC(=O)c1cc(Cl)c(N(C)Cc2cnc3nc(N)nc(N)c3n2)c(Cl)c1)C(=O)OC. The minimum Gasteiger partial charge on any atom is -0.469 e. The number of hydrogen-bond donors (Lipinski definition) is 3. The quantitative estimate of drug-likeness (QED) is 0.327. The summed E-state index contributed by atoms with van der Waals surface area (Å²) in [7, 11) is 4.12. The number of nitrogen functional groups attached to an aromatic ring is 2. The minimum atomic E-state index is -1.07. The van der Waals surface area contributed by atoms with E-state index < -0.39 is 23.9 Å². The Morgan fingerprint density at radius 1 is 1.08 bits per heavy atom. The van der Waals surface area contributed by atoms with E-state index in [0.29, 0.717) is 16.9 Å². The lowest BCUT2D eigenvalue weighted by Crippen LogP contribution is -2.42. The molecule has 3 rings (SSSR count). The van der Waals surface area contributed by atoms with Gasteiger partial charge in [-0.25, -0.2) is 14.8 Å². The van der Waals surface area contributed by atoms with E-state index in [1.807, 2.05) is 0 Å². The van der Waals surface area contributed by atoms with Crippen molar-refractivity contribution in [3.8, 4) is 0 Å². The molecule has 5 N–H and O–H groups in total. The predicted octanol–water partition coefficient (Wildman–Crippen LogP) is 1.75. The third-order valence-electron chi connectivity index (χ3n) is 5.22. The number of nitrogens with zero attached hydrogens (tertiary/aromatic N) is 5. The van der Waals surface area contributed by atoms with E-state index in [0.717, 1.165) is 0 Å². The highest BCUT2D eigenvalue weighted by Gasteiger charge is 2.25. The number of benzene rings is 1. The summed E-state index contributed by atoms with van der Waals surface area (Å²) in [5.74, 6) is -1.78. The fourth-order valence-corrected chi connectivity index (χ4v) is 4.21. The Morgan fingerprint density at radius 3 is 2.38 bits per heavy atom. The average molecular weight is 551 g/mol. The van der Waals surface area contributed by atoms with E-state index >= 15 is 0 Å². The second-order valence-corrected chi connectivity index (χ2v) is 8.62. The maximum atomic E-state index is 12.8. The van der Waals surface area contributed by atoms with Crippen LogP contribution in [0.4, 0.5) is 17.5 Å². The molecule has 1 unspecified atom stereocenters. The van der Waals surface area contributed by atoms with E-state index in [1.54, 1.807) is 11.9 Å². The third kappa shape index (κ3) is 6.62. The maximum absolute atomic E-state index is 12.8. The molecule has 3 aromatic rings. The van der Waals surface area contributed by atoms with Crippen LogP contribution >= 0.6 is 23.2 Å². The third-order valence-corrected chi connectivity index (χ3v) is 5.79. The molecule has 0 fully saturated rings. The van der Waals surface area contributed by atoms with Crippen LogP contribution < -0.4 is 21.7 Å². The first-order chi connectivity index (χ1) is 17.5. The van der Waals surface area contributed by atoms with Gasteiger partial charge in [-0.1, -0.05) is 23.2 Å². The summed E-state index contributed by atoms with van der Waals surface area (Å²) in [4.78, 5) is 54.6. The fraction of sp³-hybridized carbons (Fsp3) is 0.318. The monoisotopic (exact) mass is 550 g/mol. The lowest BCUT2D eigenvalue weighted by atomic mass is 10.1. The molecule has 0 saturated carbocycles. The van der Waals surface area contributed by atoms with Crippen LogP contribution in [0.2, 0.25) is 10.0 Å². The number of carbonyl (C=O) groups excluding carboxylic acids is 3. The van der Waals surface area contributed by atoms with Crippen molar-refractivity contribution in [3.05, 3.63) is 39.6 Å². The van der Waals surface area contributed by atoms with E-state index in [2.05, 4.69) is 30.0 Å². The molecular formula is C22H24Cl2N8O5.